The molecule has 104 valence electrons. The van der Waals surface area contributed by atoms with E-state index in [-0.39, 0.29) is 6.61 Å². The quantitative estimate of drug-likeness (QED) is 0.664. The summed E-state index contributed by atoms with van der Waals surface area (Å²) in [5.41, 5.74) is 1.50. The largest absolute Gasteiger partial charge is 0.464 e. The number of halogens is 1. The highest BCUT2D eigenvalue weighted by Crippen LogP contribution is 2.20. The minimum Gasteiger partial charge on any atom is -0.464 e. The standard InChI is InChI=1S/C13H16BrNO4/c1-4-19-13(17)11(18-3)12(16)15-10-6-5-9(14)7-8(10)2/h5-7,11H,4H2,1-3H3,(H,15,16). The molecule has 0 saturated carbocycles. The zero-order valence-corrected chi connectivity index (χ0v) is 12.6. The Kier molecular flexibility index (Phi) is 5.98. The molecule has 6 heteroatoms. The molecule has 1 atom stereocenters. The Hall–Kier alpha value is -1.40. The van der Waals surface area contributed by atoms with Crippen molar-refractivity contribution in [3.05, 3.63) is 28.2 Å². The van der Waals surface area contributed by atoms with Crippen molar-refractivity contribution in [1.82, 2.24) is 0 Å². The number of hydrogen-bond donors (Lipinski definition) is 1. The van der Waals surface area contributed by atoms with Gasteiger partial charge in [0.2, 0.25) is 6.10 Å². The number of benzene rings is 1. The average Bonchev–Trinajstić information content (AvgIpc) is 2.34. The van der Waals surface area contributed by atoms with E-state index in [0.717, 1.165) is 10.0 Å². The van der Waals surface area contributed by atoms with E-state index in [4.69, 9.17) is 9.47 Å². The number of carbonyl (C=O) groups excluding carboxylic acids is 2. The predicted octanol–water partition coefficient (Wildman–Crippen LogP) is 2.27. The number of hydrogen-bond acceptors (Lipinski definition) is 4. The highest BCUT2D eigenvalue weighted by atomic mass is 79.9. The molecule has 0 spiro atoms. The molecule has 1 amide bonds. The highest BCUT2D eigenvalue weighted by Gasteiger charge is 2.28. The van der Waals surface area contributed by atoms with Crippen LogP contribution in [0.1, 0.15) is 12.5 Å². The highest BCUT2D eigenvalue weighted by molar-refractivity contribution is 9.10. The molecule has 0 fully saturated rings. The van der Waals surface area contributed by atoms with Crippen molar-refractivity contribution in [3.63, 3.8) is 0 Å². The van der Waals surface area contributed by atoms with E-state index in [9.17, 15) is 9.59 Å². The fraction of sp³-hybridized carbons (Fsp3) is 0.385. The molecule has 0 aliphatic heterocycles. The summed E-state index contributed by atoms with van der Waals surface area (Å²) in [4.78, 5) is 23.5. The average molecular weight is 330 g/mol. The fourth-order valence-electron chi connectivity index (χ4n) is 1.49. The lowest BCUT2D eigenvalue weighted by Gasteiger charge is -2.15. The third kappa shape index (κ3) is 4.33. The van der Waals surface area contributed by atoms with Gasteiger partial charge in [0, 0.05) is 17.3 Å². The monoisotopic (exact) mass is 329 g/mol. The molecule has 0 aliphatic rings. The molecule has 0 aromatic heterocycles. The maximum absolute atomic E-state index is 11.9. The van der Waals surface area contributed by atoms with Gasteiger partial charge in [-0.2, -0.15) is 0 Å². The van der Waals surface area contributed by atoms with Crippen LogP contribution in [0.2, 0.25) is 0 Å². The van der Waals surface area contributed by atoms with Crippen molar-refractivity contribution in [1.29, 1.82) is 0 Å². The Morgan fingerprint density at radius 3 is 2.63 bits per heavy atom. The van der Waals surface area contributed by atoms with Gasteiger partial charge in [0.15, 0.2) is 0 Å². The topological polar surface area (TPSA) is 64.6 Å². The Morgan fingerprint density at radius 2 is 2.11 bits per heavy atom. The summed E-state index contributed by atoms with van der Waals surface area (Å²) in [5, 5.41) is 2.64. The molecule has 1 aromatic rings. The Bertz CT molecular complexity index is 476. The number of amides is 1. The molecule has 19 heavy (non-hydrogen) atoms. The summed E-state index contributed by atoms with van der Waals surface area (Å²) in [7, 11) is 1.29. The third-order valence-corrected chi connectivity index (χ3v) is 2.91. The number of rotatable bonds is 5. The molecule has 5 nitrogen and oxygen atoms in total. The first kappa shape index (κ1) is 15.7. The lowest BCUT2D eigenvalue weighted by Crippen LogP contribution is -2.38. The van der Waals surface area contributed by atoms with Crippen molar-refractivity contribution < 1.29 is 19.1 Å². The summed E-state index contributed by atoms with van der Waals surface area (Å²) in [6.45, 7) is 3.72. The molecule has 1 aromatic carbocycles. The van der Waals surface area contributed by atoms with E-state index in [2.05, 4.69) is 21.2 Å². The second-order valence-electron chi connectivity index (χ2n) is 3.82. The van der Waals surface area contributed by atoms with Crippen LogP contribution in [-0.4, -0.2) is 31.7 Å². The summed E-state index contributed by atoms with van der Waals surface area (Å²) in [6.07, 6.45) is -1.26. The minimum absolute atomic E-state index is 0.198. The summed E-state index contributed by atoms with van der Waals surface area (Å²) >= 11 is 3.34. The Morgan fingerprint density at radius 1 is 1.42 bits per heavy atom. The van der Waals surface area contributed by atoms with Crippen molar-refractivity contribution in [2.45, 2.75) is 20.0 Å². The lowest BCUT2D eigenvalue weighted by molar-refractivity contribution is -0.158. The van der Waals surface area contributed by atoms with E-state index >= 15 is 0 Å². The van der Waals surface area contributed by atoms with Crippen LogP contribution in [0.25, 0.3) is 0 Å². The van der Waals surface area contributed by atoms with Gasteiger partial charge in [-0.25, -0.2) is 4.79 Å². The van der Waals surface area contributed by atoms with Gasteiger partial charge in [-0.05, 0) is 37.6 Å². The van der Waals surface area contributed by atoms with E-state index < -0.39 is 18.0 Å². The van der Waals surface area contributed by atoms with E-state index in [1.165, 1.54) is 7.11 Å². The van der Waals surface area contributed by atoms with E-state index in [0.29, 0.717) is 5.69 Å². The summed E-state index contributed by atoms with van der Waals surface area (Å²) in [6, 6.07) is 5.41. The molecule has 1 rings (SSSR count). The van der Waals surface area contributed by atoms with Crippen molar-refractivity contribution in [2.75, 3.05) is 19.0 Å². The fourth-order valence-corrected chi connectivity index (χ4v) is 1.97. The zero-order valence-electron chi connectivity index (χ0n) is 11.0. The maximum Gasteiger partial charge on any atom is 0.345 e. The second kappa shape index (κ2) is 7.25. The second-order valence-corrected chi connectivity index (χ2v) is 4.73. The normalized spacial score (nSPS) is 11.8. The van der Waals surface area contributed by atoms with Gasteiger partial charge in [-0.1, -0.05) is 15.9 Å². The van der Waals surface area contributed by atoms with Crippen molar-refractivity contribution >= 4 is 33.5 Å². The molecule has 1 N–H and O–H groups in total. The van der Waals surface area contributed by atoms with Gasteiger partial charge in [0.05, 0.1) is 6.61 Å². The Labute approximate surface area is 120 Å². The van der Waals surface area contributed by atoms with Crippen LogP contribution in [0.5, 0.6) is 0 Å². The van der Waals surface area contributed by atoms with Crippen LogP contribution in [0.15, 0.2) is 22.7 Å². The molecule has 0 radical (unpaired) electrons. The predicted molar refractivity (Wildman–Crippen MR) is 74.9 cm³/mol. The lowest BCUT2D eigenvalue weighted by atomic mass is 10.2. The first-order valence-electron chi connectivity index (χ1n) is 5.76. The summed E-state index contributed by atoms with van der Waals surface area (Å²) < 4.78 is 10.6. The van der Waals surface area contributed by atoms with Gasteiger partial charge in [-0.3, -0.25) is 4.79 Å². The number of aryl methyl sites for hydroxylation is 1. The minimum atomic E-state index is -1.26. The SMILES string of the molecule is CCOC(=O)C(OC)C(=O)Nc1ccc(Br)cc1C. The maximum atomic E-state index is 11.9. The molecule has 0 saturated heterocycles. The first-order chi connectivity index (χ1) is 8.99. The van der Waals surface area contributed by atoms with Crippen LogP contribution in [0.4, 0.5) is 5.69 Å². The van der Waals surface area contributed by atoms with Gasteiger partial charge in [0.1, 0.15) is 0 Å². The molecular weight excluding hydrogens is 314 g/mol. The van der Waals surface area contributed by atoms with Gasteiger partial charge in [-0.15, -0.1) is 0 Å². The Balaban J connectivity index is 2.79. The molecule has 1 unspecified atom stereocenters. The molecular formula is C13H16BrNO4. The first-order valence-corrected chi connectivity index (χ1v) is 6.55. The smallest absolute Gasteiger partial charge is 0.345 e. The van der Waals surface area contributed by atoms with Crippen molar-refractivity contribution in [3.8, 4) is 0 Å². The van der Waals surface area contributed by atoms with Crippen LogP contribution in [0, 0.1) is 6.92 Å². The van der Waals surface area contributed by atoms with Gasteiger partial charge >= 0.3 is 5.97 Å². The molecule has 0 aliphatic carbocycles. The van der Waals surface area contributed by atoms with E-state index in [1.807, 2.05) is 13.0 Å². The van der Waals surface area contributed by atoms with Gasteiger partial charge < -0.3 is 14.8 Å². The van der Waals surface area contributed by atoms with Crippen LogP contribution < -0.4 is 5.32 Å². The van der Waals surface area contributed by atoms with Gasteiger partial charge in [0.25, 0.3) is 5.91 Å². The summed E-state index contributed by atoms with van der Waals surface area (Å²) in [5.74, 6) is -1.25. The third-order valence-electron chi connectivity index (χ3n) is 2.42. The number of ether oxygens (including phenoxy) is 2. The van der Waals surface area contributed by atoms with E-state index in [1.54, 1.807) is 19.1 Å². The molecule has 0 heterocycles. The number of carbonyl (C=O) groups is 2. The number of nitrogens with one attached hydrogen (secondary N) is 1. The van der Waals surface area contributed by atoms with Crippen LogP contribution in [0.3, 0.4) is 0 Å². The van der Waals surface area contributed by atoms with Crippen LogP contribution >= 0.6 is 15.9 Å². The number of methoxy groups -OCH3 is 1. The zero-order chi connectivity index (χ0) is 14.4. The van der Waals surface area contributed by atoms with Crippen LogP contribution in [-0.2, 0) is 19.1 Å². The van der Waals surface area contributed by atoms with Crippen molar-refractivity contribution in [2.24, 2.45) is 0 Å². The number of esters is 1. The number of anilines is 1. The molecule has 0 bridgehead atoms.